The molecular weight excluding hydrogens is 190 g/mol. The zero-order valence-corrected chi connectivity index (χ0v) is 8.53. The van der Waals surface area contributed by atoms with Crippen LogP contribution in [0, 0.1) is 0 Å². The topological polar surface area (TPSA) is 63.9 Å². The zero-order valence-electron chi connectivity index (χ0n) is 8.53. The standard InChI is InChI=1S/C11H13N3O/c1-15-9-4-2-3-8(5-9)11-10(6-12)13-7-14-11/h2-5,7H,6,12H2,1H3,(H,13,14). The molecule has 0 saturated carbocycles. The highest BCUT2D eigenvalue weighted by atomic mass is 16.5. The molecule has 0 bridgehead atoms. The first-order chi connectivity index (χ1) is 7.35. The van der Waals surface area contributed by atoms with Gasteiger partial charge in [0.1, 0.15) is 5.75 Å². The summed E-state index contributed by atoms with van der Waals surface area (Å²) in [7, 11) is 1.65. The molecule has 2 aromatic rings. The fourth-order valence-corrected chi connectivity index (χ4v) is 1.50. The first kappa shape index (κ1) is 9.73. The second-order valence-corrected chi connectivity index (χ2v) is 3.17. The Labute approximate surface area is 88.1 Å². The fourth-order valence-electron chi connectivity index (χ4n) is 1.50. The molecule has 0 amide bonds. The van der Waals surface area contributed by atoms with Gasteiger partial charge in [-0.15, -0.1) is 0 Å². The molecule has 1 aromatic heterocycles. The quantitative estimate of drug-likeness (QED) is 0.795. The van der Waals surface area contributed by atoms with E-state index in [2.05, 4.69) is 9.97 Å². The van der Waals surface area contributed by atoms with E-state index in [0.29, 0.717) is 6.54 Å². The minimum atomic E-state index is 0.451. The van der Waals surface area contributed by atoms with Crippen LogP contribution in [0.25, 0.3) is 11.3 Å². The van der Waals surface area contributed by atoms with Crippen molar-refractivity contribution in [1.29, 1.82) is 0 Å². The number of methoxy groups -OCH3 is 1. The number of hydrogen-bond acceptors (Lipinski definition) is 3. The number of benzene rings is 1. The average Bonchev–Trinajstić information content (AvgIpc) is 2.77. The highest BCUT2D eigenvalue weighted by molar-refractivity contribution is 5.63. The number of ether oxygens (including phenoxy) is 1. The second kappa shape index (κ2) is 4.14. The van der Waals surface area contributed by atoms with Gasteiger partial charge >= 0.3 is 0 Å². The van der Waals surface area contributed by atoms with Crippen LogP contribution < -0.4 is 10.5 Å². The van der Waals surface area contributed by atoms with Crippen LogP contribution in [0.15, 0.2) is 30.6 Å². The maximum Gasteiger partial charge on any atom is 0.119 e. The molecule has 0 aliphatic carbocycles. The molecule has 0 spiro atoms. The lowest BCUT2D eigenvalue weighted by Crippen LogP contribution is -1.98. The number of rotatable bonds is 3. The van der Waals surface area contributed by atoms with Crippen LogP contribution in [0.2, 0.25) is 0 Å². The molecule has 0 unspecified atom stereocenters. The Hall–Kier alpha value is -1.81. The van der Waals surface area contributed by atoms with Crippen LogP contribution in [0.1, 0.15) is 5.69 Å². The molecular formula is C11H13N3O. The molecule has 0 fully saturated rings. The predicted molar refractivity (Wildman–Crippen MR) is 58.5 cm³/mol. The van der Waals surface area contributed by atoms with E-state index in [4.69, 9.17) is 10.5 Å². The van der Waals surface area contributed by atoms with Gasteiger partial charge in [0, 0.05) is 12.1 Å². The number of hydrogen-bond donors (Lipinski definition) is 2. The van der Waals surface area contributed by atoms with Gasteiger partial charge in [0.15, 0.2) is 0 Å². The Bertz CT molecular complexity index is 451. The Morgan fingerprint density at radius 3 is 3.07 bits per heavy atom. The fraction of sp³-hybridized carbons (Fsp3) is 0.182. The van der Waals surface area contributed by atoms with Crippen LogP contribution in [-0.2, 0) is 6.54 Å². The Kier molecular flexibility index (Phi) is 2.69. The molecule has 0 aliphatic heterocycles. The van der Waals surface area contributed by atoms with Gasteiger partial charge in [-0.2, -0.15) is 0 Å². The molecule has 2 rings (SSSR count). The Morgan fingerprint density at radius 1 is 1.47 bits per heavy atom. The van der Waals surface area contributed by atoms with Crippen molar-refractivity contribution in [2.24, 2.45) is 5.73 Å². The number of H-pyrrole nitrogens is 1. The summed E-state index contributed by atoms with van der Waals surface area (Å²) in [6, 6.07) is 7.76. The van der Waals surface area contributed by atoms with E-state index >= 15 is 0 Å². The van der Waals surface area contributed by atoms with Crippen LogP contribution in [0.4, 0.5) is 0 Å². The number of nitrogens with one attached hydrogen (secondary N) is 1. The number of aromatic nitrogens is 2. The largest absolute Gasteiger partial charge is 0.497 e. The lowest BCUT2D eigenvalue weighted by molar-refractivity contribution is 0.415. The summed E-state index contributed by atoms with van der Waals surface area (Å²) in [5.74, 6) is 0.818. The predicted octanol–water partition coefficient (Wildman–Crippen LogP) is 1.54. The number of nitrogens with two attached hydrogens (primary N) is 1. The van der Waals surface area contributed by atoms with E-state index in [-0.39, 0.29) is 0 Å². The first-order valence-electron chi connectivity index (χ1n) is 4.72. The van der Waals surface area contributed by atoms with Crippen molar-refractivity contribution in [3.63, 3.8) is 0 Å². The molecule has 3 N–H and O–H groups in total. The van der Waals surface area contributed by atoms with Gasteiger partial charge in [-0.25, -0.2) is 4.98 Å². The Morgan fingerprint density at radius 2 is 2.33 bits per heavy atom. The van der Waals surface area contributed by atoms with E-state index in [0.717, 1.165) is 22.7 Å². The minimum absolute atomic E-state index is 0.451. The highest BCUT2D eigenvalue weighted by Gasteiger charge is 2.07. The van der Waals surface area contributed by atoms with Gasteiger partial charge in [0.2, 0.25) is 0 Å². The van der Waals surface area contributed by atoms with Crippen LogP contribution in [0.3, 0.4) is 0 Å². The van der Waals surface area contributed by atoms with Crippen LogP contribution in [-0.4, -0.2) is 17.1 Å². The molecule has 4 heteroatoms. The number of nitrogens with zero attached hydrogens (tertiary/aromatic N) is 1. The van der Waals surface area contributed by atoms with Crippen molar-refractivity contribution in [3.05, 3.63) is 36.3 Å². The van der Waals surface area contributed by atoms with Gasteiger partial charge in [-0.3, -0.25) is 0 Å². The molecule has 0 atom stereocenters. The van der Waals surface area contributed by atoms with Crippen molar-refractivity contribution in [3.8, 4) is 17.0 Å². The SMILES string of the molecule is COc1cccc(-c2nc[nH]c2CN)c1. The summed E-state index contributed by atoms with van der Waals surface area (Å²) in [6.45, 7) is 0.451. The molecule has 1 heterocycles. The summed E-state index contributed by atoms with van der Waals surface area (Å²) in [4.78, 5) is 7.26. The Balaban J connectivity index is 2.44. The van der Waals surface area contributed by atoms with E-state index in [9.17, 15) is 0 Å². The number of imidazole rings is 1. The summed E-state index contributed by atoms with van der Waals surface area (Å²) in [5.41, 5.74) is 8.43. The summed E-state index contributed by atoms with van der Waals surface area (Å²) >= 11 is 0. The van der Waals surface area contributed by atoms with Crippen LogP contribution in [0.5, 0.6) is 5.75 Å². The van der Waals surface area contributed by atoms with E-state index in [1.54, 1.807) is 13.4 Å². The van der Waals surface area contributed by atoms with Crippen molar-refractivity contribution < 1.29 is 4.74 Å². The van der Waals surface area contributed by atoms with Gasteiger partial charge in [-0.1, -0.05) is 12.1 Å². The maximum absolute atomic E-state index is 5.60. The van der Waals surface area contributed by atoms with Gasteiger partial charge in [0.25, 0.3) is 0 Å². The summed E-state index contributed by atoms with van der Waals surface area (Å²) in [6.07, 6.45) is 1.65. The molecule has 1 aromatic carbocycles. The zero-order chi connectivity index (χ0) is 10.7. The molecule has 0 radical (unpaired) electrons. The molecule has 15 heavy (non-hydrogen) atoms. The average molecular weight is 203 g/mol. The van der Waals surface area contributed by atoms with E-state index < -0.39 is 0 Å². The van der Waals surface area contributed by atoms with Gasteiger partial charge < -0.3 is 15.5 Å². The maximum atomic E-state index is 5.60. The van der Waals surface area contributed by atoms with E-state index in [1.807, 2.05) is 24.3 Å². The summed E-state index contributed by atoms with van der Waals surface area (Å²) < 4.78 is 5.16. The lowest BCUT2D eigenvalue weighted by Gasteiger charge is -2.03. The normalized spacial score (nSPS) is 10.3. The smallest absolute Gasteiger partial charge is 0.119 e. The molecule has 0 saturated heterocycles. The first-order valence-corrected chi connectivity index (χ1v) is 4.72. The highest BCUT2D eigenvalue weighted by Crippen LogP contribution is 2.23. The van der Waals surface area contributed by atoms with Crippen molar-refractivity contribution >= 4 is 0 Å². The third kappa shape index (κ3) is 1.85. The van der Waals surface area contributed by atoms with Gasteiger partial charge in [-0.05, 0) is 12.1 Å². The molecule has 4 nitrogen and oxygen atoms in total. The third-order valence-corrected chi connectivity index (χ3v) is 2.27. The van der Waals surface area contributed by atoms with Crippen molar-refractivity contribution in [1.82, 2.24) is 9.97 Å². The molecule has 78 valence electrons. The summed E-state index contributed by atoms with van der Waals surface area (Å²) in [5, 5.41) is 0. The van der Waals surface area contributed by atoms with Gasteiger partial charge in [0.05, 0.1) is 24.8 Å². The van der Waals surface area contributed by atoms with E-state index in [1.165, 1.54) is 0 Å². The number of aromatic amines is 1. The second-order valence-electron chi connectivity index (χ2n) is 3.17. The van der Waals surface area contributed by atoms with Crippen molar-refractivity contribution in [2.45, 2.75) is 6.54 Å². The van der Waals surface area contributed by atoms with Crippen molar-refractivity contribution in [2.75, 3.05) is 7.11 Å². The minimum Gasteiger partial charge on any atom is -0.497 e. The lowest BCUT2D eigenvalue weighted by atomic mass is 10.1. The third-order valence-electron chi connectivity index (χ3n) is 2.27. The molecule has 0 aliphatic rings. The van der Waals surface area contributed by atoms with Crippen LogP contribution >= 0.6 is 0 Å². The monoisotopic (exact) mass is 203 g/mol.